The van der Waals surface area contributed by atoms with Crippen LogP contribution in [0.5, 0.6) is 11.5 Å². The van der Waals surface area contributed by atoms with Gasteiger partial charge < -0.3 is 14.8 Å². The maximum atomic E-state index is 12.5. The maximum Gasteiger partial charge on any atom is 0.255 e. The molecule has 0 aromatic heterocycles. The van der Waals surface area contributed by atoms with Crippen molar-refractivity contribution in [2.24, 2.45) is 0 Å². The minimum Gasteiger partial charge on any atom is -0.493 e. The van der Waals surface area contributed by atoms with Gasteiger partial charge in [0.15, 0.2) is 0 Å². The second-order valence-electron chi connectivity index (χ2n) is 5.82. The van der Waals surface area contributed by atoms with Gasteiger partial charge in [-0.3, -0.25) is 4.79 Å². The molecule has 2 aromatic carbocycles. The highest BCUT2D eigenvalue weighted by Crippen LogP contribution is 2.27. The Morgan fingerprint density at radius 2 is 1.72 bits per heavy atom. The highest BCUT2D eigenvalue weighted by molar-refractivity contribution is 9.10. The van der Waals surface area contributed by atoms with Crippen LogP contribution >= 0.6 is 27.5 Å². The van der Waals surface area contributed by atoms with Gasteiger partial charge in [-0.1, -0.05) is 33.6 Å². The fourth-order valence-corrected chi connectivity index (χ4v) is 3.23. The molecule has 0 saturated heterocycles. The molecule has 0 atom stereocenters. The molecule has 4 rings (SSSR count). The average Bonchev–Trinajstić information content (AvgIpc) is 2.59. The first kappa shape index (κ1) is 18.1. The number of hydrogen-bond acceptors (Lipinski definition) is 3. The van der Waals surface area contributed by atoms with Gasteiger partial charge in [-0.15, -0.1) is 0 Å². The lowest BCUT2D eigenvalue weighted by Gasteiger charge is -2.14. The van der Waals surface area contributed by atoms with Crippen molar-refractivity contribution >= 4 is 33.4 Å². The summed E-state index contributed by atoms with van der Waals surface area (Å²) >= 11 is 9.67. The molecule has 25 heavy (non-hydrogen) atoms. The SMILES string of the molecule is O=C1NCCc2ccc(c(Cl)c2)OCCCCOc2ccc(Br)cc21. The van der Waals surface area contributed by atoms with Crippen LogP contribution < -0.4 is 14.8 Å². The highest BCUT2D eigenvalue weighted by Gasteiger charge is 2.14. The summed E-state index contributed by atoms with van der Waals surface area (Å²) in [4.78, 5) is 12.5. The molecule has 2 aromatic rings. The van der Waals surface area contributed by atoms with Gasteiger partial charge in [0.25, 0.3) is 5.91 Å². The molecular formula is C19H19BrClNO3. The smallest absolute Gasteiger partial charge is 0.255 e. The van der Waals surface area contributed by atoms with E-state index >= 15 is 0 Å². The van der Waals surface area contributed by atoms with E-state index in [-0.39, 0.29) is 5.91 Å². The number of ether oxygens (including phenoxy) is 2. The summed E-state index contributed by atoms with van der Waals surface area (Å²) in [7, 11) is 0. The van der Waals surface area contributed by atoms with Gasteiger partial charge >= 0.3 is 0 Å². The maximum absolute atomic E-state index is 12.5. The first-order valence-corrected chi connectivity index (χ1v) is 9.42. The molecule has 2 heterocycles. The summed E-state index contributed by atoms with van der Waals surface area (Å²) in [5.41, 5.74) is 1.58. The van der Waals surface area contributed by atoms with Crippen molar-refractivity contribution < 1.29 is 14.3 Å². The zero-order chi connectivity index (χ0) is 17.6. The van der Waals surface area contributed by atoms with E-state index in [1.54, 1.807) is 6.07 Å². The van der Waals surface area contributed by atoms with Crippen molar-refractivity contribution in [3.05, 3.63) is 57.0 Å². The molecule has 0 radical (unpaired) electrons. The molecule has 2 aliphatic rings. The summed E-state index contributed by atoms with van der Waals surface area (Å²) in [6, 6.07) is 11.2. The number of nitrogens with one attached hydrogen (secondary N) is 1. The van der Waals surface area contributed by atoms with Crippen LogP contribution in [0.25, 0.3) is 0 Å². The molecule has 4 nitrogen and oxygen atoms in total. The molecule has 0 fully saturated rings. The predicted molar refractivity (Wildman–Crippen MR) is 102 cm³/mol. The zero-order valence-electron chi connectivity index (χ0n) is 13.7. The molecule has 1 amide bonds. The Kier molecular flexibility index (Phi) is 6.21. The quantitative estimate of drug-likeness (QED) is 0.671. The Hall–Kier alpha value is -1.72. The van der Waals surface area contributed by atoms with Crippen LogP contribution in [0.3, 0.4) is 0 Å². The Bertz CT molecular complexity index is 766. The molecular weight excluding hydrogens is 406 g/mol. The molecule has 2 aliphatic heterocycles. The van der Waals surface area contributed by atoms with E-state index in [0.29, 0.717) is 48.3 Å². The van der Waals surface area contributed by atoms with Crippen molar-refractivity contribution in [1.82, 2.24) is 5.32 Å². The number of carbonyl (C=O) groups excluding carboxylic acids is 1. The van der Waals surface area contributed by atoms with Crippen LogP contribution in [0.2, 0.25) is 5.02 Å². The summed E-state index contributed by atoms with van der Waals surface area (Å²) in [5, 5.41) is 3.54. The standard InChI is InChI=1S/C19H19BrClNO3/c20-14-4-6-17-15(12-14)19(23)22-8-7-13-3-5-18(16(21)11-13)25-10-2-1-9-24-17/h3-6,11-12H,1-2,7-10H2,(H,22,23). The molecule has 6 heteroatoms. The van der Waals surface area contributed by atoms with Crippen LogP contribution in [0.15, 0.2) is 40.9 Å². The highest BCUT2D eigenvalue weighted by atomic mass is 79.9. The van der Waals surface area contributed by atoms with Gasteiger partial charge in [0.2, 0.25) is 0 Å². The molecule has 0 spiro atoms. The van der Waals surface area contributed by atoms with Crippen molar-refractivity contribution in [3.63, 3.8) is 0 Å². The summed E-state index contributed by atoms with van der Waals surface area (Å²) in [6.07, 6.45) is 2.36. The third kappa shape index (κ3) is 4.89. The topological polar surface area (TPSA) is 47.6 Å². The zero-order valence-corrected chi connectivity index (χ0v) is 16.0. The van der Waals surface area contributed by atoms with Crippen LogP contribution in [0.1, 0.15) is 28.8 Å². The number of amides is 1. The van der Waals surface area contributed by atoms with Crippen LogP contribution in [0.4, 0.5) is 0 Å². The van der Waals surface area contributed by atoms with E-state index in [1.165, 1.54) is 0 Å². The molecule has 132 valence electrons. The Morgan fingerprint density at radius 1 is 1.00 bits per heavy atom. The second kappa shape index (κ2) is 8.59. The second-order valence-corrected chi connectivity index (χ2v) is 7.14. The third-order valence-corrected chi connectivity index (χ3v) is 4.72. The number of hydrogen-bond donors (Lipinski definition) is 1. The number of carbonyl (C=O) groups is 1. The predicted octanol–water partition coefficient (Wildman–Crippen LogP) is 4.63. The lowest BCUT2D eigenvalue weighted by molar-refractivity contribution is 0.0949. The summed E-state index contributed by atoms with van der Waals surface area (Å²) < 4.78 is 12.4. The number of benzene rings is 2. The van der Waals surface area contributed by atoms with Gasteiger partial charge in [-0.05, 0) is 55.2 Å². The van der Waals surface area contributed by atoms with Gasteiger partial charge in [0.1, 0.15) is 11.5 Å². The molecule has 1 N–H and O–H groups in total. The van der Waals surface area contributed by atoms with E-state index in [9.17, 15) is 4.79 Å². The number of fused-ring (bicyclic) bond motifs is 10. The Morgan fingerprint density at radius 3 is 2.48 bits per heavy atom. The van der Waals surface area contributed by atoms with Crippen molar-refractivity contribution in [1.29, 1.82) is 0 Å². The monoisotopic (exact) mass is 423 g/mol. The first-order chi connectivity index (χ1) is 12.1. The molecule has 2 bridgehead atoms. The van der Waals surface area contributed by atoms with Crippen LogP contribution in [-0.4, -0.2) is 25.7 Å². The van der Waals surface area contributed by atoms with Crippen LogP contribution in [-0.2, 0) is 6.42 Å². The van der Waals surface area contributed by atoms with Crippen molar-refractivity contribution in [2.75, 3.05) is 19.8 Å². The van der Waals surface area contributed by atoms with E-state index in [1.807, 2.05) is 30.3 Å². The fourth-order valence-electron chi connectivity index (χ4n) is 2.61. The van der Waals surface area contributed by atoms with Gasteiger partial charge in [-0.2, -0.15) is 0 Å². The summed E-state index contributed by atoms with van der Waals surface area (Å²) in [5.74, 6) is 1.15. The normalized spacial score (nSPS) is 15.7. The minimum absolute atomic E-state index is 0.144. The van der Waals surface area contributed by atoms with E-state index in [4.69, 9.17) is 21.1 Å². The van der Waals surface area contributed by atoms with Crippen molar-refractivity contribution in [3.8, 4) is 11.5 Å². The fraction of sp³-hybridized carbons (Fsp3) is 0.316. The van der Waals surface area contributed by atoms with E-state index in [2.05, 4.69) is 21.2 Å². The first-order valence-electron chi connectivity index (χ1n) is 8.25. The Balaban J connectivity index is 1.80. The van der Waals surface area contributed by atoms with Crippen LogP contribution in [0, 0.1) is 0 Å². The lowest BCUT2D eigenvalue weighted by Crippen LogP contribution is -2.26. The number of rotatable bonds is 0. The molecule has 0 unspecified atom stereocenters. The molecule has 0 aliphatic carbocycles. The largest absolute Gasteiger partial charge is 0.493 e. The minimum atomic E-state index is -0.144. The average molecular weight is 425 g/mol. The molecule has 0 saturated carbocycles. The third-order valence-electron chi connectivity index (χ3n) is 3.94. The van der Waals surface area contributed by atoms with E-state index in [0.717, 1.165) is 22.9 Å². The van der Waals surface area contributed by atoms with Gasteiger partial charge in [0.05, 0.1) is 23.8 Å². The van der Waals surface area contributed by atoms with Crippen molar-refractivity contribution in [2.45, 2.75) is 19.3 Å². The number of halogens is 2. The van der Waals surface area contributed by atoms with Gasteiger partial charge in [-0.25, -0.2) is 0 Å². The Labute approximate surface area is 160 Å². The lowest BCUT2D eigenvalue weighted by atomic mass is 10.1. The summed E-state index contributed by atoms with van der Waals surface area (Å²) in [6.45, 7) is 1.62. The van der Waals surface area contributed by atoms with E-state index < -0.39 is 0 Å². The van der Waals surface area contributed by atoms with Gasteiger partial charge in [0, 0.05) is 11.0 Å².